The Kier molecular flexibility index (Phi) is 3.58. The lowest BCUT2D eigenvalue weighted by atomic mass is 10.1. The lowest BCUT2D eigenvalue weighted by Gasteiger charge is -2.00. The number of Topliss-reactive ketones (excluding diaryl/α,β-unsaturated/α-hetero) is 1. The summed E-state index contributed by atoms with van der Waals surface area (Å²) < 4.78 is 0. The molecule has 0 spiro atoms. The molecule has 70 valence electrons. The molecule has 13 heavy (non-hydrogen) atoms. The van der Waals surface area contributed by atoms with E-state index in [1.807, 2.05) is 0 Å². The van der Waals surface area contributed by atoms with Crippen LogP contribution in [0.5, 0.6) is 5.75 Å². The van der Waals surface area contributed by atoms with Crippen LogP contribution in [0.2, 0.25) is 5.02 Å². The van der Waals surface area contributed by atoms with Gasteiger partial charge >= 0.3 is 0 Å². The SMILES string of the molecule is O=C(CCCl)c1ccc(O)c(Cl)c1. The Morgan fingerprint density at radius 3 is 2.69 bits per heavy atom. The Bertz CT molecular complexity index is 323. The van der Waals surface area contributed by atoms with Crippen molar-refractivity contribution in [1.29, 1.82) is 0 Å². The predicted molar refractivity (Wildman–Crippen MR) is 52.8 cm³/mol. The summed E-state index contributed by atoms with van der Waals surface area (Å²) in [6.07, 6.45) is 0.280. The van der Waals surface area contributed by atoms with Crippen LogP contribution >= 0.6 is 23.2 Å². The van der Waals surface area contributed by atoms with E-state index >= 15 is 0 Å². The van der Waals surface area contributed by atoms with Gasteiger partial charge in [-0.3, -0.25) is 4.79 Å². The van der Waals surface area contributed by atoms with Gasteiger partial charge in [0, 0.05) is 17.9 Å². The van der Waals surface area contributed by atoms with E-state index in [1.165, 1.54) is 18.2 Å². The highest BCUT2D eigenvalue weighted by Crippen LogP contribution is 2.24. The first-order valence-electron chi connectivity index (χ1n) is 3.73. The molecule has 1 aromatic carbocycles. The molecular formula is C9H8Cl2O2. The number of hydrogen-bond acceptors (Lipinski definition) is 2. The number of hydrogen-bond donors (Lipinski definition) is 1. The van der Waals surface area contributed by atoms with Crippen LogP contribution in [0.15, 0.2) is 18.2 Å². The minimum absolute atomic E-state index is 0.0240. The summed E-state index contributed by atoms with van der Waals surface area (Å²) in [4.78, 5) is 11.3. The summed E-state index contributed by atoms with van der Waals surface area (Å²) in [6.45, 7) is 0. The Labute approximate surface area is 86.1 Å². The molecule has 0 aliphatic rings. The fraction of sp³-hybridized carbons (Fsp3) is 0.222. The molecule has 2 nitrogen and oxygen atoms in total. The van der Waals surface area contributed by atoms with E-state index in [-0.39, 0.29) is 28.9 Å². The van der Waals surface area contributed by atoms with Crippen molar-refractivity contribution in [3.63, 3.8) is 0 Å². The van der Waals surface area contributed by atoms with Crippen molar-refractivity contribution in [3.8, 4) is 5.75 Å². The topological polar surface area (TPSA) is 37.3 Å². The van der Waals surface area contributed by atoms with E-state index in [2.05, 4.69) is 0 Å². The lowest BCUT2D eigenvalue weighted by Crippen LogP contribution is -1.99. The third-order valence-electron chi connectivity index (χ3n) is 1.59. The number of benzene rings is 1. The van der Waals surface area contributed by atoms with Gasteiger partial charge in [0.1, 0.15) is 5.75 Å². The number of alkyl halides is 1. The van der Waals surface area contributed by atoms with Gasteiger partial charge in [-0.15, -0.1) is 11.6 Å². The molecule has 0 heterocycles. The van der Waals surface area contributed by atoms with Gasteiger partial charge in [0.25, 0.3) is 0 Å². The Hall–Kier alpha value is -0.730. The average molecular weight is 219 g/mol. The zero-order chi connectivity index (χ0) is 9.84. The highest BCUT2D eigenvalue weighted by atomic mass is 35.5. The molecule has 0 aromatic heterocycles. The van der Waals surface area contributed by atoms with Crippen molar-refractivity contribution in [2.24, 2.45) is 0 Å². The molecule has 1 aromatic rings. The quantitative estimate of drug-likeness (QED) is 0.626. The van der Waals surface area contributed by atoms with E-state index in [0.29, 0.717) is 5.56 Å². The zero-order valence-corrected chi connectivity index (χ0v) is 8.27. The van der Waals surface area contributed by atoms with Crippen molar-refractivity contribution in [2.45, 2.75) is 6.42 Å². The van der Waals surface area contributed by atoms with Crippen LogP contribution in [0.4, 0.5) is 0 Å². The molecule has 0 aliphatic carbocycles. The second-order valence-corrected chi connectivity index (χ2v) is 3.31. The van der Waals surface area contributed by atoms with Gasteiger partial charge in [0.05, 0.1) is 5.02 Å². The molecule has 0 saturated heterocycles. The molecule has 0 atom stereocenters. The van der Waals surface area contributed by atoms with Crippen LogP contribution in [0.25, 0.3) is 0 Å². The third-order valence-corrected chi connectivity index (χ3v) is 2.08. The number of rotatable bonds is 3. The van der Waals surface area contributed by atoms with Crippen molar-refractivity contribution >= 4 is 29.0 Å². The maximum Gasteiger partial charge on any atom is 0.164 e. The summed E-state index contributed by atoms with van der Waals surface area (Å²) in [5.41, 5.74) is 0.475. The number of phenols is 1. The summed E-state index contributed by atoms with van der Waals surface area (Å²) >= 11 is 11.0. The van der Waals surface area contributed by atoms with Crippen molar-refractivity contribution < 1.29 is 9.90 Å². The monoisotopic (exact) mass is 218 g/mol. The molecule has 1 N–H and O–H groups in total. The second-order valence-electron chi connectivity index (χ2n) is 2.53. The van der Waals surface area contributed by atoms with Crippen LogP contribution < -0.4 is 0 Å². The highest BCUT2D eigenvalue weighted by molar-refractivity contribution is 6.32. The number of carbonyl (C=O) groups excluding carboxylic acids is 1. The van der Waals surface area contributed by atoms with E-state index in [9.17, 15) is 4.79 Å². The molecule has 0 amide bonds. The lowest BCUT2D eigenvalue weighted by molar-refractivity contribution is 0.0989. The molecular weight excluding hydrogens is 211 g/mol. The first-order valence-corrected chi connectivity index (χ1v) is 4.64. The van der Waals surface area contributed by atoms with Crippen LogP contribution in [-0.4, -0.2) is 16.8 Å². The molecule has 0 bridgehead atoms. The molecule has 4 heteroatoms. The smallest absolute Gasteiger partial charge is 0.164 e. The molecule has 0 radical (unpaired) electrons. The van der Waals surface area contributed by atoms with E-state index in [0.717, 1.165) is 0 Å². The van der Waals surface area contributed by atoms with Crippen LogP contribution in [0.3, 0.4) is 0 Å². The van der Waals surface area contributed by atoms with E-state index < -0.39 is 0 Å². The van der Waals surface area contributed by atoms with Gasteiger partial charge in [-0.1, -0.05) is 11.6 Å². The van der Waals surface area contributed by atoms with Gasteiger partial charge in [-0.05, 0) is 18.2 Å². The van der Waals surface area contributed by atoms with Crippen LogP contribution in [-0.2, 0) is 0 Å². The summed E-state index contributed by atoms with van der Waals surface area (Å²) in [5, 5.41) is 9.27. The summed E-state index contributed by atoms with van der Waals surface area (Å²) in [5.74, 6) is 0.193. The van der Waals surface area contributed by atoms with Gasteiger partial charge in [-0.25, -0.2) is 0 Å². The zero-order valence-electron chi connectivity index (χ0n) is 6.76. The number of ketones is 1. The summed E-state index contributed by atoms with van der Waals surface area (Å²) in [6, 6.07) is 4.35. The predicted octanol–water partition coefficient (Wildman–Crippen LogP) is 2.86. The van der Waals surface area contributed by atoms with Crippen molar-refractivity contribution in [3.05, 3.63) is 28.8 Å². The van der Waals surface area contributed by atoms with Crippen LogP contribution in [0.1, 0.15) is 16.8 Å². The number of carbonyl (C=O) groups is 1. The van der Waals surface area contributed by atoms with Crippen molar-refractivity contribution in [1.82, 2.24) is 0 Å². The molecule has 0 saturated carbocycles. The molecule has 0 fully saturated rings. The second kappa shape index (κ2) is 4.49. The third kappa shape index (κ3) is 2.61. The normalized spacial score (nSPS) is 10.0. The maximum atomic E-state index is 11.3. The number of phenolic OH excluding ortho intramolecular Hbond substituents is 1. The standard InChI is InChI=1S/C9H8Cl2O2/c10-4-3-8(12)6-1-2-9(13)7(11)5-6/h1-2,5,13H,3-4H2. The van der Waals surface area contributed by atoms with Gasteiger partial charge < -0.3 is 5.11 Å². The first kappa shape index (κ1) is 10.4. The van der Waals surface area contributed by atoms with E-state index in [4.69, 9.17) is 28.3 Å². The molecule has 1 rings (SSSR count). The Morgan fingerprint density at radius 2 is 2.15 bits per heavy atom. The fourth-order valence-corrected chi connectivity index (χ4v) is 1.26. The van der Waals surface area contributed by atoms with E-state index in [1.54, 1.807) is 0 Å². The maximum absolute atomic E-state index is 11.3. The number of aromatic hydroxyl groups is 1. The molecule has 0 unspecified atom stereocenters. The minimum Gasteiger partial charge on any atom is -0.506 e. The van der Waals surface area contributed by atoms with Crippen molar-refractivity contribution in [2.75, 3.05) is 5.88 Å². The average Bonchev–Trinajstić information content (AvgIpc) is 2.10. The van der Waals surface area contributed by atoms with Crippen LogP contribution in [0, 0.1) is 0 Å². The summed E-state index contributed by atoms with van der Waals surface area (Å²) in [7, 11) is 0. The minimum atomic E-state index is -0.0723. The Morgan fingerprint density at radius 1 is 1.46 bits per heavy atom. The number of halogens is 2. The first-order chi connectivity index (χ1) is 6.15. The highest BCUT2D eigenvalue weighted by Gasteiger charge is 2.07. The Balaban J connectivity index is 2.90. The van der Waals surface area contributed by atoms with Gasteiger partial charge in [0.2, 0.25) is 0 Å². The largest absolute Gasteiger partial charge is 0.506 e. The molecule has 0 aliphatic heterocycles. The van der Waals surface area contributed by atoms with Gasteiger partial charge in [0.15, 0.2) is 5.78 Å². The fourth-order valence-electron chi connectivity index (χ4n) is 0.911. The van der Waals surface area contributed by atoms with Gasteiger partial charge in [-0.2, -0.15) is 0 Å².